The summed E-state index contributed by atoms with van der Waals surface area (Å²) in [5.74, 6) is 0.357. The molecule has 0 heterocycles. The zero-order valence-corrected chi connectivity index (χ0v) is 16.6. The van der Waals surface area contributed by atoms with E-state index in [-0.39, 0.29) is 6.09 Å². The minimum Gasteiger partial charge on any atom is -0.444 e. The fourth-order valence-corrected chi connectivity index (χ4v) is 3.55. The molecule has 1 aromatic rings. The van der Waals surface area contributed by atoms with Gasteiger partial charge in [-0.05, 0) is 73.7 Å². The van der Waals surface area contributed by atoms with Crippen molar-refractivity contribution in [3.05, 3.63) is 28.2 Å². The van der Waals surface area contributed by atoms with E-state index in [4.69, 9.17) is 10.00 Å². The molecule has 25 heavy (non-hydrogen) atoms. The van der Waals surface area contributed by atoms with Gasteiger partial charge >= 0.3 is 6.09 Å². The van der Waals surface area contributed by atoms with E-state index in [1.807, 2.05) is 39.0 Å². The molecule has 136 valence electrons. The summed E-state index contributed by atoms with van der Waals surface area (Å²) in [6, 6.07) is 8.12. The lowest BCUT2D eigenvalue weighted by Crippen LogP contribution is -2.42. The summed E-state index contributed by atoms with van der Waals surface area (Å²) in [6.45, 7) is 6.19. The van der Waals surface area contributed by atoms with E-state index in [2.05, 4.69) is 32.6 Å². The Morgan fingerprint density at radius 1 is 1.36 bits per heavy atom. The number of rotatable bonds is 4. The van der Waals surface area contributed by atoms with Gasteiger partial charge in [0.05, 0.1) is 5.56 Å². The van der Waals surface area contributed by atoms with E-state index in [0.29, 0.717) is 24.1 Å². The van der Waals surface area contributed by atoms with E-state index >= 15 is 0 Å². The first-order valence-electron chi connectivity index (χ1n) is 8.71. The number of nitrogens with one attached hydrogen (secondary N) is 2. The fraction of sp³-hybridized carbons (Fsp3) is 0.579. The third-order valence-electron chi connectivity index (χ3n) is 4.26. The first kappa shape index (κ1) is 19.6. The van der Waals surface area contributed by atoms with Crippen LogP contribution in [0.3, 0.4) is 0 Å². The molecule has 0 radical (unpaired) electrons. The first-order chi connectivity index (χ1) is 11.8. The minimum absolute atomic E-state index is 0.295. The predicted octanol–water partition coefficient (Wildman–Crippen LogP) is 4.82. The minimum atomic E-state index is -0.483. The van der Waals surface area contributed by atoms with Crippen LogP contribution in [0.15, 0.2) is 22.7 Å². The van der Waals surface area contributed by atoms with Crippen LogP contribution in [0.25, 0.3) is 0 Å². The lowest BCUT2D eigenvalue weighted by atomic mass is 9.84. The molecule has 1 saturated carbocycles. The zero-order valence-electron chi connectivity index (χ0n) is 15.1. The number of amides is 1. The van der Waals surface area contributed by atoms with Gasteiger partial charge in [0, 0.05) is 22.7 Å². The van der Waals surface area contributed by atoms with Gasteiger partial charge in [-0.2, -0.15) is 5.26 Å². The summed E-state index contributed by atoms with van der Waals surface area (Å²) in [7, 11) is 0. The van der Waals surface area contributed by atoms with Crippen LogP contribution in [0.4, 0.5) is 10.5 Å². The van der Waals surface area contributed by atoms with Crippen molar-refractivity contribution in [2.75, 3.05) is 11.9 Å². The molecular weight excluding hydrogens is 382 g/mol. The third-order valence-corrected chi connectivity index (χ3v) is 4.91. The Kier molecular flexibility index (Phi) is 6.71. The van der Waals surface area contributed by atoms with Crippen molar-refractivity contribution >= 4 is 27.7 Å². The Hall–Kier alpha value is -1.74. The van der Waals surface area contributed by atoms with Gasteiger partial charge in [-0.1, -0.05) is 12.8 Å². The van der Waals surface area contributed by atoms with Crippen molar-refractivity contribution in [3.8, 4) is 6.07 Å². The summed E-state index contributed by atoms with van der Waals surface area (Å²) < 4.78 is 6.11. The van der Waals surface area contributed by atoms with Crippen molar-refractivity contribution in [2.24, 2.45) is 5.92 Å². The largest absolute Gasteiger partial charge is 0.444 e. The van der Waals surface area contributed by atoms with Crippen LogP contribution < -0.4 is 10.6 Å². The maximum atomic E-state index is 11.9. The second kappa shape index (κ2) is 8.57. The van der Waals surface area contributed by atoms with E-state index in [9.17, 15) is 4.79 Å². The van der Waals surface area contributed by atoms with Gasteiger partial charge < -0.3 is 15.4 Å². The molecule has 1 amide bonds. The van der Waals surface area contributed by atoms with Crippen molar-refractivity contribution in [3.63, 3.8) is 0 Å². The van der Waals surface area contributed by atoms with Crippen LogP contribution in [-0.4, -0.2) is 24.3 Å². The number of hydrogen-bond acceptors (Lipinski definition) is 4. The maximum absolute atomic E-state index is 11.9. The average molecular weight is 408 g/mol. The molecule has 2 atom stereocenters. The molecule has 2 rings (SSSR count). The van der Waals surface area contributed by atoms with Gasteiger partial charge in [0.15, 0.2) is 0 Å². The Balaban J connectivity index is 1.95. The van der Waals surface area contributed by atoms with Crippen molar-refractivity contribution < 1.29 is 9.53 Å². The van der Waals surface area contributed by atoms with Gasteiger partial charge in [-0.3, -0.25) is 0 Å². The molecule has 5 nitrogen and oxygen atoms in total. The molecule has 2 unspecified atom stereocenters. The summed E-state index contributed by atoms with van der Waals surface area (Å²) >= 11 is 3.43. The molecule has 1 aromatic carbocycles. The normalized spacial score (nSPS) is 20.4. The van der Waals surface area contributed by atoms with E-state index < -0.39 is 5.60 Å². The highest BCUT2D eigenvalue weighted by Gasteiger charge is 2.26. The highest BCUT2D eigenvalue weighted by molar-refractivity contribution is 9.10. The quantitative estimate of drug-likeness (QED) is 0.750. The standard InChI is InChI=1S/C19H26BrN3O2/c1-19(2,3)25-18(24)22-12-14-6-4-5-7-17(14)23-15-9-8-13(11-21)16(20)10-15/h8-10,14,17,23H,4-7,12H2,1-3H3,(H,22,24). The second-order valence-corrected chi connectivity index (χ2v) is 8.34. The van der Waals surface area contributed by atoms with Gasteiger partial charge in [-0.25, -0.2) is 4.79 Å². The zero-order chi connectivity index (χ0) is 18.4. The van der Waals surface area contributed by atoms with Crippen LogP contribution in [-0.2, 0) is 4.74 Å². The summed E-state index contributed by atoms with van der Waals surface area (Å²) in [5.41, 5.74) is 1.13. The highest BCUT2D eigenvalue weighted by atomic mass is 79.9. The number of carbonyl (C=O) groups is 1. The van der Waals surface area contributed by atoms with Gasteiger partial charge in [0.2, 0.25) is 0 Å². The topological polar surface area (TPSA) is 74.2 Å². The monoisotopic (exact) mass is 407 g/mol. The smallest absolute Gasteiger partial charge is 0.407 e. The van der Waals surface area contributed by atoms with E-state index in [1.165, 1.54) is 12.8 Å². The molecule has 2 N–H and O–H groups in total. The second-order valence-electron chi connectivity index (χ2n) is 7.48. The number of nitrogens with zero attached hydrogens (tertiary/aromatic N) is 1. The number of nitriles is 1. The summed E-state index contributed by atoms with van der Waals surface area (Å²) in [5, 5.41) is 15.5. The molecule has 0 aromatic heterocycles. The Morgan fingerprint density at radius 3 is 2.72 bits per heavy atom. The molecular formula is C19H26BrN3O2. The van der Waals surface area contributed by atoms with Gasteiger partial charge in [0.25, 0.3) is 0 Å². The molecule has 0 aliphatic heterocycles. The number of ether oxygens (including phenoxy) is 1. The highest BCUT2D eigenvalue weighted by Crippen LogP contribution is 2.29. The lowest BCUT2D eigenvalue weighted by molar-refractivity contribution is 0.0514. The van der Waals surface area contributed by atoms with Crippen molar-refractivity contribution in [1.82, 2.24) is 5.32 Å². The molecule has 6 heteroatoms. The molecule has 0 saturated heterocycles. The van der Waals surface area contributed by atoms with E-state index in [0.717, 1.165) is 23.0 Å². The number of anilines is 1. The summed E-state index contributed by atoms with van der Waals surface area (Å²) in [4.78, 5) is 11.9. The van der Waals surface area contributed by atoms with Gasteiger partial charge in [-0.15, -0.1) is 0 Å². The molecule has 0 bridgehead atoms. The molecule has 1 aliphatic carbocycles. The molecule has 1 aliphatic rings. The van der Waals surface area contributed by atoms with Crippen LogP contribution in [0.5, 0.6) is 0 Å². The van der Waals surface area contributed by atoms with Crippen LogP contribution in [0.1, 0.15) is 52.0 Å². The van der Waals surface area contributed by atoms with Crippen molar-refractivity contribution in [1.29, 1.82) is 5.26 Å². The van der Waals surface area contributed by atoms with Gasteiger partial charge in [0.1, 0.15) is 11.7 Å². The Bertz CT molecular complexity index is 649. The van der Waals surface area contributed by atoms with Crippen molar-refractivity contribution in [2.45, 2.75) is 58.1 Å². The molecule has 0 spiro atoms. The summed E-state index contributed by atoms with van der Waals surface area (Å²) in [6.07, 6.45) is 4.13. The van der Waals surface area contributed by atoms with Crippen LogP contribution in [0.2, 0.25) is 0 Å². The third kappa shape index (κ3) is 6.24. The lowest BCUT2D eigenvalue weighted by Gasteiger charge is -2.33. The number of halogens is 1. The number of alkyl carbamates (subject to hydrolysis) is 1. The maximum Gasteiger partial charge on any atom is 0.407 e. The average Bonchev–Trinajstić information content (AvgIpc) is 2.52. The number of benzene rings is 1. The fourth-order valence-electron chi connectivity index (χ4n) is 3.08. The number of hydrogen-bond donors (Lipinski definition) is 2. The van der Waals surface area contributed by atoms with Crippen LogP contribution in [0, 0.1) is 17.2 Å². The molecule has 1 fully saturated rings. The van der Waals surface area contributed by atoms with Crippen LogP contribution >= 0.6 is 15.9 Å². The first-order valence-corrected chi connectivity index (χ1v) is 9.51. The Morgan fingerprint density at radius 2 is 2.08 bits per heavy atom. The predicted molar refractivity (Wildman–Crippen MR) is 102 cm³/mol. The van der Waals surface area contributed by atoms with E-state index in [1.54, 1.807) is 0 Å². The Labute approximate surface area is 158 Å². The number of carbonyl (C=O) groups excluding carboxylic acids is 1. The SMILES string of the molecule is CC(C)(C)OC(=O)NCC1CCCCC1Nc1ccc(C#N)c(Br)c1.